The highest BCUT2D eigenvalue weighted by molar-refractivity contribution is 5.75. The molecule has 0 saturated carbocycles. The van der Waals surface area contributed by atoms with Crippen molar-refractivity contribution >= 4 is 5.97 Å². The Morgan fingerprint density at radius 2 is 1.92 bits per heavy atom. The highest BCUT2D eigenvalue weighted by Gasteiger charge is 2.66. The largest absolute Gasteiger partial charge is 0.493 e. The van der Waals surface area contributed by atoms with Crippen molar-refractivity contribution in [2.24, 2.45) is 5.92 Å². The Morgan fingerprint density at radius 1 is 1.33 bits per heavy atom. The lowest BCUT2D eigenvalue weighted by atomic mass is 9.77. The van der Waals surface area contributed by atoms with Gasteiger partial charge >= 0.3 is 12.1 Å². The van der Waals surface area contributed by atoms with E-state index in [1.165, 1.54) is 0 Å². The number of carboxylic acids is 1. The monoisotopic (exact) mass is 354 g/mol. The Morgan fingerprint density at radius 3 is 2.38 bits per heavy atom. The van der Waals surface area contributed by atoms with Crippen molar-refractivity contribution in [1.82, 2.24) is 0 Å². The Bertz CT molecular complexity index is 660. The molecule has 0 unspecified atom stereocenters. The van der Waals surface area contributed by atoms with E-state index in [9.17, 15) is 31.9 Å². The fraction of sp³-hybridized carbons (Fsp3) is 0.533. The average Bonchev–Trinajstić information content (AvgIpc) is 2.75. The van der Waals surface area contributed by atoms with Gasteiger partial charge in [-0.05, 0) is 13.0 Å². The van der Waals surface area contributed by atoms with Gasteiger partial charge in [0, 0.05) is 17.4 Å². The van der Waals surface area contributed by atoms with Crippen LogP contribution in [0.3, 0.4) is 0 Å². The summed E-state index contributed by atoms with van der Waals surface area (Å²) in [7, 11) is 1.01. The first-order chi connectivity index (χ1) is 11.0. The third-order valence-electron chi connectivity index (χ3n) is 4.56. The second-order valence-electron chi connectivity index (χ2n) is 5.78. The molecule has 0 bridgehead atoms. The molecule has 0 amide bonds. The summed E-state index contributed by atoms with van der Waals surface area (Å²) in [6, 6.07) is 1.72. The molecule has 2 rings (SSSR count). The second-order valence-corrected chi connectivity index (χ2v) is 5.78. The molecule has 24 heavy (non-hydrogen) atoms. The fourth-order valence-corrected chi connectivity index (χ4v) is 3.03. The number of hydrogen-bond acceptors (Lipinski definition) is 3. The van der Waals surface area contributed by atoms with Crippen LogP contribution in [-0.4, -0.2) is 36.1 Å². The van der Waals surface area contributed by atoms with E-state index in [4.69, 9.17) is 9.47 Å². The van der Waals surface area contributed by atoms with Gasteiger partial charge < -0.3 is 14.6 Å². The minimum atomic E-state index is -4.85. The SMILES string of the molecule is COc1c([C@@H]2[C@@H](C(=O)O)O[C@](C)(C(F)(F)F)[C@@H]2C)ccc(F)c1F. The molecule has 1 aliphatic heterocycles. The Kier molecular flexibility index (Phi) is 4.51. The predicted molar refractivity (Wildman–Crippen MR) is 71.8 cm³/mol. The maximum atomic E-state index is 13.9. The predicted octanol–water partition coefficient (Wildman–Crippen LogP) is 3.50. The summed E-state index contributed by atoms with van der Waals surface area (Å²) >= 11 is 0. The van der Waals surface area contributed by atoms with Gasteiger partial charge in [-0.25, -0.2) is 9.18 Å². The third-order valence-corrected chi connectivity index (χ3v) is 4.56. The van der Waals surface area contributed by atoms with Crippen molar-refractivity contribution in [1.29, 1.82) is 0 Å². The third kappa shape index (κ3) is 2.60. The summed E-state index contributed by atoms with van der Waals surface area (Å²) in [6.45, 7) is 1.89. The standard InChI is InChI=1S/C15H15F5O4/c1-6-9(7-4-5-8(16)10(17)11(7)23-3)12(13(21)22)24-14(6,2)15(18,19)20/h4-6,9,12H,1-3H3,(H,21,22)/t6-,9-,12+,14+/m1/s1. The zero-order valence-corrected chi connectivity index (χ0v) is 12.9. The molecular formula is C15H15F5O4. The average molecular weight is 354 g/mol. The van der Waals surface area contributed by atoms with Crippen LogP contribution < -0.4 is 4.74 Å². The van der Waals surface area contributed by atoms with Gasteiger partial charge in [0.1, 0.15) is 0 Å². The van der Waals surface area contributed by atoms with E-state index in [1.54, 1.807) is 0 Å². The molecule has 1 fully saturated rings. The van der Waals surface area contributed by atoms with E-state index < -0.39 is 53.1 Å². The molecular weight excluding hydrogens is 339 g/mol. The van der Waals surface area contributed by atoms with Crippen LogP contribution in [0.15, 0.2) is 12.1 Å². The number of halogens is 5. The van der Waals surface area contributed by atoms with Crippen LogP contribution >= 0.6 is 0 Å². The maximum Gasteiger partial charge on any atom is 0.417 e. The zero-order chi connectivity index (χ0) is 18.4. The molecule has 134 valence electrons. The number of carbonyl (C=O) groups is 1. The number of rotatable bonds is 3. The normalized spacial score (nSPS) is 30.4. The molecule has 1 aromatic rings. The molecule has 1 N–H and O–H groups in total. The molecule has 1 saturated heterocycles. The fourth-order valence-electron chi connectivity index (χ4n) is 3.03. The molecule has 4 atom stereocenters. The molecule has 0 spiro atoms. The van der Waals surface area contributed by atoms with Gasteiger partial charge in [0.25, 0.3) is 0 Å². The topological polar surface area (TPSA) is 55.8 Å². The molecule has 4 nitrogen and oxygen atoms in total. The van der Waals surface area contributed by atoms with Crippen molar-refractivity contribution < 1.29 is 41.3 Å². The summed E-state index contributed by atoms with van der Waals surface area (Å²) in [4.78, 5) is 11.4. The van der Waals surface area contributed by atoms with Gasteiger partial charge in [-0.1, -0.05) is 13.0 Å². The molecule has 0 radical (unpaired) electrons. The van der Waals surface area contributed by atoms with E-state index in [1.807, 2.05) is 0 Å². The first-order valence-electron chi connectivity index (χ1n) is 6.95. The van der Waals surface area contributed by atoms with Gasteiger partial charge in [-0.15, -0.1) is 0 Å². The number of hydrogen-bond donors (Lipinski definition) is 1. The van der Waals surface area contributed by atoms with Crippen molar-refractivity contribution in [3.8, 4) is 5.75 Å². The minimum absolute atomic E-state index is 0.190. The van der Waals surface area contributed by atoms with E-state index in [2.05, 4.69) is 0 Å². The van der Waals surface area contributed by atoms with Gasteiger partial charge in [-0.3, -0.25) is 0 Å². The molecule has 1 heterocycles. The molecule has 1 aromatic carbocycles. The van der Waals surface area contributed by atoms with Crippen LogP contribution in [0.2, 0.25) is 0 Å². The van der Waals surface area contributed by atoms with E-state index in [0.717, 1.165) is 27.0 Å². The first-order valence-corrected chi connectivity index (χ1v) is 6.95. The van der Waals surface area contributed by atoms with Crippen LogP contribution in [0.5, 0.6) is 5.75 Å². The number of benzene rings is 1. The Balaban J connectivity index is 2.64. The summed E-state index contributed by atoms with van der Waals surface area (Å²) in [5, 5.41) is 9.25. The van der Waals surface area contributed by atoms with Crippen LogP contribution in [0.4, 0.5) is 22.0 Å². The summed E-state index contributed by atoms with van der Waals surface area (Å²) < 4.78 is 76.9. The second kappa shape index (κ2) is 5.87. The first kappa shape index (κ1) is 18.4. The molecule has 9 heteroatoms. The van der Waals surface area contributed by atoms with Crippen molar-refractivity contribution in [3.63, 3.8) is 0 Å². The van der Waals surface area contributed by atoms with Gasteiger partial charge in [0.15, 0.2) is 23.3 Å². The van der Waals surface area contributed by atoms with Gasteiger partial charge in [0.05, 0.1) is 7.11 Å². The maximum absolute atomic E-state index is 13.9. The molecule has 0 aliphatic carbocycles. The molecule has 0 aromatic heterocycles. The lowest BCUT2D eigenvalue weighted by Crippen LogP contribution is -2.47. The van der Waals surface area contributed by atoms with E-state index in [-0.39, 0.29) is 5.56 Å². The van der Waals surface area contributed by atoms with Gasteiger partial charge in [0.2, 0.25) is 5.82 Å². The number of methoxy groups -OCH3 is 1. The van der Waals surface area contributed by atoms with Crippen LogP contribution in [0.1, 0.15) is 25.3 Å². The lowest BCUT2D eigenvalue weighted by Gasteiger charge is -2.31. The van der Waals surface area contributed by atoms with E-state index in [0.29, 0.717) is 6.07 Å². The van der Waals surface area contributed by atoms with Crippen LogP contribution in [0.25, 0.3) is 0 Å². The van der Waals surface area contributed by atoms with Crippen molar-refractivity contribution in [3.05, 3.63) is 29.3 Å². The quantitative estimate of drug-likeness (QED) is 0.845. The van der Waals surface area contributed by atoms with Crippen molar-refractivity contribution in [2.75, 3.05) is 7.11 Å². The minimum Gasteiger partial charge on any atom is -0.493 e. The lowest BCUT2D eigenvalue weighted by molar-refractivity contribution is -0.273. The van der Waals surface area contributed by atoms with E-state index >= 15 is 0 Å². The highest BCUT2D eigenvalue weighted by Crippen LogP contribution is 2.54. The number of ether oxygens (including phenoxy) is 2. The number of aliphatic carboxylic acids is 1. The number of alkyl halides is 3. The molecule has 1 aliphatic rings. The Hall–Kier alpha value is -1.90. The summed E-state index contributed by atoms with van der Waals surface area (Å²) in [5.41, 5.74) is -2.94. The highest BCUT2D eigenvalue weighted by atomic mass is 19.4. The summed E-state index contributed by atoms with van der Waals surface area (Å²) in [5.74, 6) is -7.67. The van der Waals surface area contributed by atoms with Crippen LogP contribution in [0, 0.1) is 17.6 Å². The zero-order valence-electron chi connectivity index (χ0n) is 12.9. The van der Waals surface area contributed by atoms with Gasteiger partial charge in [-0.2, -0.15) is 17.6 Å². The van der Waals surface area contributed by atoms with Crippen molar-refractivity contribution in [2.45, 2.75) is 37.6 Å². The summed E-state index contributed by atoms with van der Waals surface area (Å²) in [6.07, 6.45) is -6.73. The van der Waals surface area contributed by atoms with Crippen LogP contribution in [-0.2, 0) is 9.53 Å². The Labute approximate surface area is 134 Å². The number of carboxylic acid groups (broad SMARTS) is 1. The smallest absolute Gasteiger partial charge is 0.417 e.